The molecule has 0 atom stereocenters. The summed E-state index contributed by atoms with van der Waals surface area (Å²) in [6.07, 6.45) is 5.02. The van der Waals surface area contributed by atoms with E-state index in [4.69, 9.17) is 4.98 Å². The van der Waals surface area contributed by atoms with Crippen molar-refractivity contribution in [2.75, 3.05) is 21.9 Å². The highest BCUT2D eigenvalue weighted by molar-refractivity contribution is 7.92. The number of aromatic nitrogens is 2. The van der Waals surface area contributed by atoms with Crippen molar-refractivity contribution in [1.29, 1.82) is 0 Å². The molecule has 0 saturated carbocycles. The summed E-state index contributed by atoms with van der Waals surface area (Å²) in [6.45, 7) is 4.30. The SMILES string of the molecule is Cc1cc(N2CCCCS2(=O)=O)ccc1C(=O)Nc1ccc(C)c(-c2ccc3cnccc3n2)c1. The van der Waals surface area contributed by atoms with Crippen molar-refractivity contribution in [1.82, 2.24) is 9.97 Å². The Kier molecular flexibility index (Phi) is 5.98. The number of fused-ring (bicyclic) bond motifs is 1. The van der Waals surface area contributed by atoms with Gasteiger partial charge in [-0.25, -0.2) is 13.4 Å². The molecule has 0 bridgehead atoms. The molecule has 2 aromatic heterocycles. The number of sulfonamides is 1. The number of hydrogen-bond acceptors (Lipinski definition) is 5. The number of pyridine rings is 2. The number of amides is 1. The average Bonchev–Trinajstić information content (AvgIpc) is 2.84. The van der Waals surface area contributed by atoms with Crippen molar-refractivity contribution in [3.05, 3.63) is 83.7 Å². The number of nitrogens with zero attached hydrogens (tertiary/aromatic N) is 3. The fourth-order valence-electron chi connectivity index (χ4n) is 4.43. The lowest BCUT2D eigenvalue weighted by molar-refractivity contribution is 0.102. The van der Waals surface area contributed by atoms with Gasteiger partial charge in [-0.3, -0.25) is 14.1 Å². The topological polar surface area (TPSA) is 92.3 Å². The minimum Gasteiger partial charge on any atom is -0.322 e. The smallest absolute Gasteiger partial charge is 0.255 e. The third-order valence-electron chi connectivity index (χ3n) is 6.35. The Balaban J connectivity index is 1.40. The van der Waals surface area contributed by atoms with E-state index in [9.17, 15) is 13.2 Å². The van der Waals surface area contributed by atoms with Gasteiger partial charge in [-0.2, -0.15) is 0 Å². The van der Waals surface area contributed by atoms with Crippen LogP contribution in [0.4, 0.5) is 11.4 Å². The first-order valence-corrected chi connectivity index (χ1v) is 13.2. The van der Waals surface area contributed by atoms with Crippen molar-refractivity contribution < 1.29 is 13.2 Å². The van der Waals surface area contributed by atoms with Gasteiger partial charge >= 0.3 is 0 Å². The summed E-state index contributed by atoms with van der Waals surface area (Å²) < 4.78 is 26.3. The second kappa shape index (κ2) is 9.11. The molecule has 35 heavy (non-hydrogen) atoms. The number of carbonyl (C=O) groups is 1. The molecule has 1 N–H and O–H groups in total. The number of anilines is 2. The molecule has 0 radical (unpaired) electrons. The quantitative estimate of drug-likeness (QED) is 0.433. The summed E-state index contributed by atoms with van der Waals surface area (Å²) in [6, 6.07) is 16.7. The molecule has 0 spiro atoms. The third kappa shape index (κ3) is 4.61. The normalized spacial score (nSPS) is 15.2. The van der Waals surface area contributed by atoms with Crippen LogP contribution in [-0.2, 0) is 10.0 Å². The van der Waals surface area contributed by atoms with Gasteiger partial charge < -0.3 is 5.32 Å². The van der Waals surface area contributed by atoms with Gasteiger partial charge in [-0.1, -0.05) is 6.07 Å². The summed E-state index contributed by atoms with van der Waals surface area (Å²) in [5.74, 6) is -0.0876. The monoisotopic (exact) mass is 486 g/mol. The van der Waals surface area contributed by atoms with Gasteiger partial charge in [0.05, 0.1) is 22.7 Å². The first-order chi connectivity index (χ1) is 16.8. The average molecular weight is 487 g/mol. The van der Waals surface area contributed by atoms with Crippen molar-refractivity contribution in [2.24, 2.45) is 0 Å². The largest absolute Gasteiger partial charge is 0.322 e. The fraction of sp³-hybridized carbons (Fsp3) is 0.222. The maximum atomic E-state index is 13.1. The fourth-order valence-corrected chi connectivity index (χ4v) is 6.06. The van der Waals surface area contributed by atoms with E-state index in [1.807, 2.05) is 50.2 Å². The molecule has 7 nitrogen and oxygen atoms in total. The van der Waals surface area contributed by atoms with E-state index in [1.165, 1.54) is 4.31 Å². The van der Waals surface area contributed by atoms with Gasteiger partial charge in [0.15, 0.2) is 0 Å². The maximum absolute atomic E-state index is 13.1. The molecule has 2 aromatic carbocycles. The first kappa shape index (κ1) is 23.0. The molecule has 0 unspecified atom stereocenters. The lowest BCUT2D eigenvalue weighted by Gasteiger charge is -2.28. The molecule has 3 heterocycles. The van der Waals surface area contributed by atoms with Gasteiger partial charge in [-0.15, -0.1) is 0 Å². The zero-order valence-electron chi connectivity index (χ0n) is 19.7. The summed E-state index contributed by atoms with van der Waals surface area (Å²) in [7, 11) is -3.30. The van der Waals surface area contributed by atoms with Crippen molar-refractivity contribution in [2.45, 2.75) is 26.7 Å². The zero-order chi connectivity index (χ0) is 24.6. The predicted octanol–water partition coefficient (Wildman–Crippen LogP) is 5.10. The molecular weight excluding hydrogens is 460 g/mol. The Labute approximate surface area is 204 Å². The van der Waals surface area contributed by atoms with Crippen LogP contribution < -0.4 is 9.62 Å². The second-order valence-electron chi connectivity index (χ2n) is 8.84. The number of nitrogens with one attached hydrogen (secondary N) is 1. The van der Waals surface area contributed by atoms with Crippen LogP contribution in [0.2, 0.25) is 0 Å². The Bertz CT molecular complexity index is 1550. The minimum absolute atomic E-state index is 0.160. The van der Waals surface area contributed by atoms with E-state index < -0.39 is 10.0 Å². The molecule has 4 aromatic rings. The van der Waals surface area contributed by atoms with Crippen LogP contribution in [0.5, 0.6) is 0 Å². The highest BCUT2D eigenvalue weighted by atomic mass is 32.2. The van der Waals surface area contributed by atoms with E-state index in [2.05, 4.69) is 10.3 Å². The van der Waals surface area contributed by atoms with E-state index in [1.54, 1.807) is 30.6 Å². The van der Waals surface area contributed by atoms with Crippen molar-refractivity contribution >= 4 is 38.2 Å². The molecule has 1 amide bonds. The van der Waals surface area contributed by atoms with Crippen LogP contribution in [-0.4, -0.2) is 36.6 Å². The lowest BCUT2D eigenvalue weighted by Crippen LogP contribution is -2.37. The summed E-state index contributed by atoms with van der Waals surface area (Å²) in [4.78, 5) is 22.0. The highest BCUT2D eigenvalue weighted by Crippen LogP contribution is 2.29. The standard InChI is InChI=1S/C27H26N4O3S/c1-18-5-7-21(16-24(18)26-10-6-20-17-28-12-11-25(20)30-26)29-27(32)23-9-8-22(15-19(23)2)31-13-3-4-14-35(31,33)34/h5-12,15-17H,3-4,13-14H2,1-2H3,(H,29,32). The molecule has 1 saturated heterocycles. The Hall–Kier alpha value is -3.78. The zero-order valence-corrected chi connectivity index (χ0v) is 20.5. The van der Waals surface area contributed by atoms with Gasteiger partial charge in [0.25, 0.3) is 5.91 Å². The van der Waals surface area contributed by atoms with Gasteiger partial charge in [0.1, 0.15) is 0 Å². The Morgan fingerprint density at radius 3 is 2.63 bits per heavy atom. The highest BCUT2D eigenvalue weighted by Gasteiger charge is 2.26. The minimum atomic E-state index is -3.30. The number of aryl methyl sites for hydroxylation is 2. The van der Waals surface area contributed by atoms with Crippen LogP contribution in [0.25, 0.3) is 22.2 Å². The molecule has 1 aliphatic heterocycles. The number of rotatable bonds is 4. The van der Waals surface area contributed by atoms with Gasteiger partial charge in [0, 0.05) is 41.1 Å². The number of hydrogen-bond donors (Lipinski definition) is 1. The Morgan fingerprint density at radius 2 is 1.83 bits per heavy atom. The van der Waals surface area contributed by atoms with Crippen LogP contribution in [0.15, 0.2) is 67.0 Å². The summed E-state index contributed by atoms with van der Waals surface area (Å²) in [5, 5.41) is 3.95. The van der Waals surface area contributed by atoms with E-state index in [-0.39, 0.29) is 11.7 Å². The van der Waals surface area contributed by atoms with Crippen LogP contribution in [0.1, 0.15) is 34.3 Å². The third-order valence-corrected chi connectivity index (χ3v) is 8.22. The number of benzene rings is 2. The molecule has 1 fully saturated rings. The van der Waals surface area contributed by atoms with Crippen molar-refractivity contribution in [3.8, 4) is 11.3 Å². The van der Waals surface area contributed by atoms with Crippen LogP contribution in [0.3, 0.4) is 0 Å². The van der Waals surface area contributed by atoms with Crippen molar-refractivity contribution in [3.63, 3.8) is 0 Å². The summed E-state index contributed by atoms with van der Waals surface area (Å²) in [5.41, 5.74) is 6.15. The van der Waals surface area contributed by atoms with Crippen LogP contribution in [0, 0.1) is 13.8 Å². The van der Waals surface area contributed by atoms with E-state index in [0.717, 1.165) is 39.7 Å². The van der Waals surface area contributed by atoms with Crippen LogP contribution >= 0.6 is 0 Å². The van der Waals surface area contributed by atoms with Gasteiger partial charge in [0.2, 0.25) is 10.0 Å². The molecule has 1 aliphatic rings. The van der Waals surface area contributed by atoms with E-state index >= 15 is 0 Å². The van der Waals surface area contributed by atoms with E-state index in [0.29, 0.717) is 29.9 Å². The van der Waals surface area contributed by atoms with Gasteiger partial charge in [-0.05, 0) is 86.3 Å². The molecule has 0 aliphatic carbocycles. The second-order valence-corrected chi connectivity index (χ2v) is 10.9. The number of carbonyl (C=O) groups excluding carboxylic acids is 1. The molecular formula is C27H26N4O3S. The molecule has 5 rings (SSSR count). The first-order valence-electron chi connectivity index (χ1n) is 11.6. The Morgan fingerprint density at radius 1 is 0.971 bits per heavy atom. The maximum Gasteiger partial charge on any atom is 0.255 e. The lowest BCUT2D eigenvalue weighted by atomic mass is 10.0. The summed E-state index contributed by atoms with van der Waals surface area (Å²) >= 11 is 0. The molecule has 178 valence electrons. The predicted molar refractivity (Wildman–Crippen MR) is 139 cm³/mol. The molecule has 8 heteroatoms.